The lowest BCUT2D eigenvalue weighted by molar-refractivity contribution is -0.117. The van der Waals surface area contributed by atoms with Gasteiger partial charge in [0.1, 0.15) is 5.78 Å². The fraction of sp³-hybridized carbons (Fsp3) is 0.529. The molecule has 116 valence electrons. The zero-order valence-electron chi connectivity index (χ0n) is 13.5. The van der Waals surface area contributed by atoms with Crippen molar-refractivity contribution in [3.63, 3.8) is 0 Å². The van der Waals surface area contributed by atoms with E-state index in [0.717, 1.165) is 22.4 Å². The molecule has 0 radical (unpaired) electrons. The first-order valence-corrected chi connectivity index (χ1v) is 7.53. The number of carbonyl (C=O) groups is 1. The summed E-state index contributed by atoms with van der Waals surface area (Å²) in [5.74, 6) is 2.01. The Bertz CT molecular complexity index is 521. The Morgan fingerprint density at radius 2 is 1.90 bits per heavy atom. The Morgan fingerprint density at radius 3 is 2.43 bits per heavy atom. The minimum atomic E-state index is 0.146. The Morgan fingerprint density at radius 1 is 1.24 bits per heavy atom. The van der Waals surface area contributed by atoms with E-state index in [2.05, 4.69) is 13.8 Å². The highest BCUT2D eigenvalue weighted by atomic mass is 32.1. The summed E-state index contributed by atoms with van der Waals surface area (Å²) >= 11 is 5.27. The van der Waals surface area contributed by atoms with Crippen LogP contribution in [-0.4, -0.2) is 24.9 Å². The van der Waals surface area contributed by atoms with Crippen LogP contribution in [0.4, 0.5) is 0 Å². The van der Waals surface area contributed by atoms with E-state index in [1.165, 1.54) is 0 Å². The third-order valence-electron chi connectivity index (χ3n) is 3.16. The van der Waals surface area contributed by atoms with Crippen molar-refractivity contribution in [2.24, 2.45) is 5.92 Å². The molecule has 0 amide bonds. The molecule has 0 atom stereocenters. The van der Waals surface area contributed by atoms with E-state index in [4.69, 9.17) is 21.7 Å². The summed E-state index contributed by atoms with van der Waals surface area (Å²) in [6, 6.07) is 3.82. The van der Waals surface area contributed by atoms with E-state index in [9.17, 15) is 4.79 Å². The minimum absolute atomic E-state index is 0.146. The van der Waals surface area contributed by atoms with Gasteiger partial charge in [0, 0.05) is 17.7 Å². The summed E-state index contributed by atoms with van der Waals surface area (Å²) < 4.78 is 10.6. The summed E-state index contributed by atoms with van der Waals surface area (Å²) in [4.78, 5) is 13.0. The molecule has 1 aromatic carbocycles. The van der Waals surface area contributed by atoms with Gasteiger partial charge in [-0.3, -0.25) is 4.79 Å². The first kappa shape index (κ1) is 17.6. The Labute approximate surface area is 132 Å². The summed E-state index contributed by atoms with van der Waals surface area (Å²) in [6.07, 6.45) is 1.58. The lowest BCUT2D eigenvalue weighted by Crippen LogP contribution is -2.11. The van der Waals surface area contributed by atoms with Crippen LogP contribution in [0.1, 0.15) is 37.8 Å². The minimum Gasteiger partial charge on any atom is -0.493 e. The zero-order chi connectivity index (χ0) is 16.0. The second-order valence-electron chi connectivity index (χ2n) is 5.68. The van der Waals surface area contributed by atoms with Gasteiger partial charge in [-0.2, -0.15) is 0 Å². The second-order valence-corrected chi connectivity index (χ2v) is 6.25. The Balaban J connectivity index is 2.77. The van der Waals surface area contributed by atoms with Crippen LogP contribution in [0.15, 0.2) is 12.1 Å². The lowest BCUT2D eigenvalue weighted by atomic mass is 9.99. The van der Waals surface area contributed by atoms with Gasteiger partial charge in [-0.15, -0.1) is 0 Å². The molecule has 0 N–H and O–H groups in total. The maximum Gasteiger partial charge on any atom is 0.163 e. The third-order valence-corrected chi connectivity index (χ3v) is 3.47. The van der Waals surface area contributed by atoms with Crippen LogP contribution in [0.2, 0.25) is 0 Å². The Hall–Kier alpha value is -1.42. The number of ketones is 1. The number of carbonyl (C=O) groups excluding carboxylic acids is 1. The number of Topliss-reactive ketones (excluding diaryl/α,β-unsaturated/α-hetero) is 1. The van der Waals surface area contributed by atoms with Crippen molar-refractivity contribution < 1.29 is 14.3 Å². The highest BCUT2D eigenvalue weighted by Gasteiger charge is 2.13. The molecule has 3 nitrogen and oxygen atoms in total. The highest BCUT2D eigenvalue weighted by molar-refractivity contribution is 7.80. The number of aryl methyl sites for hydroxylation is 1. The molecule has 0 aromatic heterocycles. The van der Waals surface area contributed by atoms with Gasteiger partial charge in [0.15, 0.2) is 11.5 Å². The molecule has 1 rings (SSSR count). The average Bonchev–Trinajstić information content (AvgIpc) is 2.36. The van der Waals surface area contributed by atoms with Crippen LogP contribution in [0.25, 0.3) is 0 Å². The number of thiocarbonyl (C=S) groups is 1. The van der Waals surface area contributed by atoms with Crippen LogP contribution in [-0.2, 0) is 11.2 Å². The van der Waals surface area contributed by atoms with E-state index in [0.29, 0.717) is 30.3 Å². The van der Waals surface area contributed by atoms with Gasteiger partial charge < -0.3 is 9.47 Å². The molecule has 0 fully saturated rings. The second kappa shape index (κ2) is 8.13. The molecule has 4 heteroatoms. The smallest absolute Gasteiger partial charge is 0.163 e. The van der Waals surface area contributed by atoms with Crippen molar-refractivity contribution >= 4 is 22.9 Å². The third kappa shape index (κ3) is 5.46. The number of hydrogen-bond donors (Lipinski definition) is 0. The fourth-order valence-electron chi connectivity index (χ4n) is 2.37. The number of rotatable bonds is 8. The van der Waals surface area contributed by atoms with E-state index >= 15 is 0 Å². The normalized spacial score (nSPS) is 10.6. The van der Waals surface area contributed by atoms with E-state index in [1.54, 1.807) is 14.2 Å². The molecule has 0 heterocycles. The SMILES string of the molecule is COc1cc(CC(=O)CC(=S)CC(C)C)cc(C)c1OC. The van der Waals surface area contributed by atoms with E-state index in [1.807, 2.05) is 19.1 Å². The largest absolute Gasteiger partial charge is 0.493 e. The summed E-state index contributed by atoms with van der Waals surface area (Å²) in [5, 5.41) is 0. The number of hydrogen-bond acceptors (Lipinski definition) is 4. The van der Waals surface area contributed by atoms with Gasteiger partial charge in [0.2, 0.25) is 0 Å². The molecule has 0 unspecified atom stereocenters. The number of methoxy groups -OCH3 is 2. The zero-order valence-corrected chi connectivity index (χ0v) is 14.3. The van der Waals surface area contributed by atoms with Gasteiger partial charge in [0.25, 0.3) is 0 Å². The van der Waals surface area contributed by atoms with Crippen LogP contribution >= 0.6 is 12.2 Å². The van der Waals surface area contributed by atoms with Crippen LogP contribution in [0, 0.1) is 12.8 Å². The molecule has 0 aliphatic heterocycles. The maximum absolute atomic E-state index is 12.1. The van der Waals surface area contributed by atoms with Gasteiger partial charge >= 0.3 is 0 Å². The average molecular weight is 308 g/mol. The first-order chi connectivity index (χ1) is 9.87. The summed E-state index contributed by atoms with van der Waals surface area (Å²) in [6.45, 7) is 6.15. The standard InChI is InChI=1S/C17H24O3S/c1-11(2)6-15(21)10-14(18)8-13-7-12(3)17(20-5)16(9-13)19-4/h7,9,11H,6,8,10H2,1-5H3. The summed E-state index contributed by atoms with van der Waals surface area (Å²) in [5.41, 5.74) is 1.90. The quantitative estimate of drug-likeness (QED) is 0.682. The van der Waals surface area contributed by atoms with Crippen LogP contribution < -0.4 is 9.47 Å². The van der Waals surface area contributed by atoms with E-state index < -0.39 is 0 Å². The molecule has 0 spiro atoms. The predicted molar refractivity (Wildman–Crippen MR) is 89.7 cm³/mol. The van der Waals surface area contributed by atoms with Crippen molar-refractivity contribution in [2.75, 3.05) is 14.2 Å². The molecule has 0 saturated carbocycles. The molecule has 21 heavy (non-hydrogen) atoms. The van der Waals surface area contributed by atoms with Crippen LogP contribution in [0.3, 0.4) is 0 Å². The molecule has 0 bridgehead atoms. The van der Waals surface area contributed by atoms with Crippen molar-refractivity contribution in [2.45, 2.75) is 40.0 Å². The number of ether oxygens (including phenoxy) is 2. The monoisotopic (exact) mass is 308 g/mol. The molecular weight excluding hydrogens is 284 g/mol. The fourth-order valence-corrected chi connectivity index (χ4v) is 2.86. The number of benzene rings is 1. The van der Waals surface area contributed by atoms with Gasteiger partial charge in [0.05, 0.1) is 14.2 Å². The maximum atomic E-state index is 12.1. The van der Waals surface area contributed by atoms with Crippen molar-refractivity contribution in [3.8, 4) is 11.5 Å². The van der Waals surface area contributed by atoms with Gasteiger partial charge in [-0.1, -0.05) is 32.1 Å². The highest BCUT2D eigenvalue weighted by Crippen LogP contribution is 2.32. The van der Waals surface area contributed by atoms with Crippen molar-refractivity contribution in [1.29, 1.82) is 0 Å². The molecule has 0 aliphatic rings. The van der Waals surface area contributed by atoms with Crippen LogP contribution in [0.5, 0.6) is 11.5 Å². The molecule has 1 aromatic rings. The predicted octanol–water partition coefficient (Wildman–Crippen LogP) is 3.93. The van der Waals surface area contributed by atoms with E-state index in [-0.39, 0.29) is 5.78 Å². The molecular formula is C17H24O3S. The van der Waals surface area contributed by atoms with Crippen molar-refractivity contribution in [1.82, 2.24) is 0 Å². The lowest BCUT2D eigenvalue weighted by Gasteiger charge is -2.13. The topological polar surface area (TPSA) is 35.5 Å². The van der Waals surface area contributed by atoms with Crippen molar-refractivity contribution in [3.05, 3.63) is 23.3 Å². The molecule has 0 aliphatic carbocycles. The first-order valence-electron chi connectivity index (χ1n) is 7.12. The van der Waals surface area contributed by atoms with Gasteiger partial charge in [-0.25, -0.2) is 0 Å². The summed E-state index contributed by atoms with van der Waals surface area (Å²) in [7, 11) is 3.21. The van der Waals surface area contributed by atoms with Gasteiger partial charge in [-0.05, 0) is 36.5 Å². The Kier molecular flexibility index (Phi) is 6.82. The molecule has 0 saturated heterocycles.